The van der Waals surface area contributed by atoms with E-state index in [1.54, 1.807) is 0 Å². The van der Waals surface area contributed by atoms with E-state index < -0.39 is 0 Å². The first kappa shape index (κ1) is 12.0. The summed E-state index contributed by atoms with van der Waals surface area (Å²) in [6.07, 6.45) is 2.15. The maximum absolute atomic E-state index is 11.6. The van der Waals surface area contributed by atoms with Crippen LogP contribution in [0.25, 0.3) is 0 Å². The van der Waals surface area contributed by atoms with Crippen LogP contribution in [-0.2, 0) is 9.59 Å². The van der Waals surface area contributed by atoms with Crippen molar-refractivity contribution in [1.82, 2.24) is 10.6 Å². The Hall–Kier alpha value is -1.10. The summed E-state index contributed by atoms with van der Waals surface area (Å²) in [4.78, 5) is 22.0. The zero-order chi connectivity index (χ0) is 11.3. The van der Waals surface area contributed by atoms with Crippen molar-refractivity contribution in [1.29, 1.82) is 0 Å². The summed E-state index contributed by atoms with van der Waals surface area (Å²) in [5.74, 6) is -0.324. The minimum absolute atomic E-state index is 0.0238. The topological polar surface area (TPSA) is 84.2 Å². The molecule has 0 aliphatic carbocycles. The molecule has 5 nitrogen and oxygen atoms in total. The van der Waals surface area contributed by atoms with Crippen LogP contribution in [-0.4, -0.2) is 30.9 Å². The Morgan fingerprint density at radius 1 is 1.47 bits per heavy atom. The van der Waals surface area contributed by atoms with Crippen molar-refractivity contribution in [2.45, 2.75) is 32.2 Å². The van der Waals surface area contributed by atoms with E-state index in [2.05, 4.69) is 17.6 Å². The summed E-state index contributed by atoms with van der Waals surface area (Å²) in [6, 6.07) is 0.500. The average molecular weight is 213 g/mol. The van der Waals surface area contributed by atoms with Crippen LogP contribution in [0.4, 0.5) is 0 Å². The van der Waals surface area contributed by atoms with Crippen molar-refractivity contribution in [2.75, 3.05) is 13.1 Å². The van der Waals surface area contributed by atoms with Gasteiger partial charge < -0.3 is 16.4 Å². The van der Waals surface area contributed by atoms with Crippen molar-refractivity contribution in [3.8, 4) is 0 Å². The lowest BCUT2D eigenvalue weighted by Crippen LogP contribution is -2.44. The highest BCUT2D eigenvalue weighted by Crippen LogP contribution is 2.13. The zero-order valence-electron chi connectivity index (χ0n) is 9.08. The van der Waals surface area contributed by atoms with Gasteiger partial charge in [-0.05, 0) is 19.8 Å². The van der Waals surface area contributed by atoms with Gasteiger partial charge in [0.2, 0.25) is 11.8 Å². The van der Waals surface area contributed by atoms with Crippen molar-refractivity contribution >= 4 is 11.8 Å². The van der Waals surface area contributed by atoms with Crippen LogP contribution < -0.4 is 16.4 Å². The molecule has 1 heterocycles. The van der Waals surface area contributed by atoms with Crippen LogP contribution >= 0.6 is 0 Å². The van der Waals surface area contributed by atoms with Crippen LogP contribution in [0.2, 0.25) is 0 Å². The first-order valence-corrected chi connectivity index (χ1v) is 5.39. The zero-order valence-corrected chi connectivity index (χ0v) is 9.08. The van der Waals surface area contributed by atoms with Crippen LogP contribution in [0.1, 0.15) is 26.2 Å². The maximum Gasteiger partial charge on any atom is 0.224 e. The summed E-state index contributed by atoms with van der Waals surface area (Å²) in [5.41, 5.74) is 4.97. The van der Waals surface area contributed by atoms with E-state index in [0.29, 0.717) is 12.6 Å². The number of carbonyl (C=O) groups is 2. The number of amides is 2. The predicted molar refractivity (Wildman–Crippen MR) is 57.0 cm³/mol. The molecule has 2 amide bonds. The molecule has 1 fully saturated rings. The molecule has 1 aliphatic rings. The van der Waals surface area contributed by atoms with Crippen molar-refractivity contribution < 1.29 is 9.59 Å². The number of hydrogen-bond donors (Lipinski definition) is 3. The molecule has 0 bridgehead atoms. The Kier molecular flexibility index (Phi) is 4.55. The van der Waals surface area contributed by atoms with E-state index in [1.807, 2.05) is 0 Å². The molecule has 15 heavy (non-hydrogen) atoms. The number of nitrogens with two attached hydrogens (primary N) is 1. The molecule has 4 N–H and O–H groups in total. The number of piperidine rings is 1. The van der Waals surface area contributed by atoms with Gasteiger partial charge in [-0.3, -0.25) is 9.59 Å². The maximum atomic E-state index is 11.6. The lowest BCUT2D eigenvalue weighted by molar-refractivity contribution is -0.125. The van der Waals surface area contributed by atoms with Crippen LogP contribution in [0.15, 0.2) is 0 Å². The number of rotatable bonds is 4. The Morgan fingerprint density at radius 3 is 2.73 bits per heavy atom. The molecule has 86 valence electrons. The molecular formula is C10H19N3O2. The summed E-state index contributed by atoms with van der Waals surface area (Å²) in [7, 11) is 0. The van der Waals surface area contributed by atoms with Gasteiger partial charge in [-0.25, -0.2) is 0 Å². The third-order valence-corrected chi connectivity index (χ3v) is 2.70. The molecule has 0 aromatic carbocycles. The Labute approximate surface area is 89.8 Å². The minimum atomic E-state index is -0.384. The number of nitrogens with one attached hydrogen (secondary N) is 2. The van der Waals surface area contributed by atoms with Gasteiger partial charge in [-0.2, -0.15) is 0 Å². The van der Waals surface area contributed by atoms with Gasteiger partial charge in [0, 0.05) is 25.6 Å². The van der Waals surface area contributed by atoms with E-state index in [0.717, 1.165) is 19.4 Å². The standard InChI is InChI=1S/C10H19N3O2/c1-7-2-3-8(6-13-7)10(15)12-5-4-9(11)14/h7-8,13H,2-6H2,1H3,(H2,11,14)(H,12,15). The minimum Gasteiger partial charge on any atom is -0.370 e. The van der Waals surface area contributed by atoms with Crippen molar-refractivity contribution in [3.05, 3.63) is 0 Å². The monoisotopic (exact) mass is 213 g/mol. The van der Waals surface area contributed by atoms with Gasteiger partial charge in [0.1, 0.15) is 0 Å². The average Bonchev–Trinajstić information content (AvgIpc) is 2.18. The van der Waals surface area contributed by atoms with E-state index in [-0.39, 0.29) is 24.2 Å². The highest BCUT2D eigenvalue weighted by molar-refractivity contribution is 5.80. The smallest absolute Gasteiger partial charge is 0.224 e. The van der Waals surface area contributed by atoms with Gasteiger partial charge in [0.05, 0.1) is 5.92 Å². The fraction of sp³-hybridized carbons (Fsp3) is 0.800. The Balaban J connectivity index is 2.19. The lowest BCUT2D eigenvalue weighted by Gasteiger charge is -2.26. The molecule has 1 saturated heterocycles. The SMILES string of the molecule is CC1CCC(C(=O)NCCC(N)=O)CN1. The third kappa shape index (κ3) is 4.29. The van der Waals surface area contributed by atoms with Gasteiger partial charge in [0.15, 0.2) is 0 Å². The highest BCUT2D eigenvalue weighted by atomic mass is 16.2. The second kappa shape index (κ2) is 5.70. The summed E-state index contributed by atoms with van der Waals surface area (Å²) < 4.78 is 0. The largest absolute Gasteiger partial charge is 0.370 e. The molecule has 2 unspecified atom stereocenters. The van der Waals surface area contributed by atoms with Gasteiger partial charge in [0.25, 0.3) is 0 Å². The quantitative estimate of drug-likeness (QED) is 0.581. The van der Waals surface area contributed by atoms with Gasteiger partial charge in [-0.1, -0.05) is 0 Å². The molecule has 0 aromatic rings. The Bertz CT molecular complexity index is 235. The Morgan fingerprint density at radius 2 is 2.20 bits per heavy atom. The van der Waals surface area contributed by atoms with Gasteiger partial charge >= 0.3 is 0 Å². The van der Waals surface area contributed by atoms with E-state index in [4.69, 9.17) is 5.73 Å². The number of hydrogen-bond acceptors (Lipinski definition) is 3. The second-order valence-electron chi connectivity index (χ2n) is 4.09. The number of carbonyl (C=O) groups excluding carboxylic acids is 2. The summed E-state index contributed by atoms with van der Waals surface area (Å²) in [6.45, 7) is 3.19. The molecule has 5 heteroatoms. The third-order valence-electron chi connectivity index (χ3n) is 2.70. The van der Waals surface area contributed by atoms with E-state index in [1.165, 1.54) is 0 Å². The highest BCUT2D eigenvalue weighted by Gasteiger charge is 2.23. The van der Waals surface area contributed by atoms with E-state index in [9.17, 15) is 9.59 Å². The predicted octanol–water partition coefficient (Wildman–Crippen LogP) is -0.634. The number of primary amides is 1. The molecule has 0 radical (unpaired) electrons. The van der Waals surface area contributed by atoms with Crippen LogP contribution in [0.5, 0.6) is 0 Å². The first-order valence-electron chi connectivity index (χ1n) is 5.39. The molecule has 2 atom stereocenters. The summed E-state index contributed by atoms with van der Waals surface area (Å²) >= 11 is 0. The summed E-state index contributed by atoms with van der Waals surface area (Å²) in [5, 5.41) is 5.98. The molecular weight excluding hydrogens is 194 g/mol. The van der Waals surface area contributed by atoms with Crippen molar-refractivity contribution in [3.63, 3.8) is 0 Å². The van der Waals surface area contributed by atoms with Gasteiger partial charge in [-0.15, -0.1) is 0 Å². The second-order valence-corrected chi connectivity index (χ2v) is 4.09. The van der Waals surface area contributed by atoms with Crippen LogP contribution in [0, 0.1) is 5.92 Å². The lowest BCUT2D eigenvalue weighted by atomic mass is 9.95. The van der Waals surface area contributed by atoms with Crippen molar-refractivity contribution in [2.24, 2.45) is 11.7 Å². The molecule has 0 aromatic heterocycles. The molecule has 0 spiro atoms. The van der Waals surface area contributed by atoms with Crippen LogP contribution in [0.3, 0.4) is 0 Å². The van der Waals surface area contributed by atoms with E-state index >= 15 is 0 Å². The fourth-order valence-electron chi connectivity index (χ4n) is 1.68. The fourth-order valence-corrected chi connectivity index (χ4v) is 1.68. The molecule has 1 aliphatic heterocycles. The molecule has 1 rings (SSSR count). The first-order chi connectivity index (χ1) is 7.09. The normalized spacial score (nSPS) is 25.9. The molecule has 0 saturated carbocycles.